The Morgan fingerprint density at radius 1 is 1.53 bits per heavy atom. The molecule has 0 atom stereocenters. The van der Waals surface area contributed by atoms with Gasteiger partial charge in [-0.15, -0.1) is 24.0 Å². The van der Waals surface area contributed by atoms with E-state index >= 15 is 0 Å². The molecule has 1 saturated carbocycles. The van der Waals surface area contributed by atoms with Crippen LogP contribution in [0.5, 0.6) is 0 Å². The monoisotopic (exact) mass is 351 g/mol. The number of hydrogen-bond donors (Lipinski definition) is 2. The van der Waals surface area contributed by atoms with Gasteiger partial charge < -0.3 is 15.8 Å². The summed E-state index contributed by atoms with van der Waals surface area (Å²) in [5.41, 5.74) is 7.02. The van der Waals surface area contributed by atoms with E-state index in [4.69, 9.17) is 10.5 Å². The standard InChI is InChI=1S/C12H21N3O.HI/c13-12(14-7-10-3-1-4-10)15-8-11-5-2-6-16-9-11;/h5,10H,1-4,6-9H2,(H3,13,14,15);1H. The lowest BCUT2D eigenvalue weighted by molar-refractivity contribution is 0.150. The Kier molecular flexibility index (Phi) is 6.87. The molecule has 1 aliphatic heterocycles. The fourth-order valence-corrected chi connectivity index (χ4v) is 1.91. The first-order chi connectivity index (χ1) is 7.84. The molecule has 1 aliphatic carbocycles. The van der Waals surface area contributed by atoms with Gasteiger partial charge >= 0.3 is 0 Å². The molecule has 0 aromatic heterocycles. The van der Waals surface area contributed by atoms with Crippen LogP contribution in [0.3, 0.4) is 0 Å². The van der Waals surface area contributed by atoms with Crippen LogP contribution in [0.1, 0.15) is 25.7 Å². The van der Waals surface area contributed by atoms with Crippen LogP contribution in [0.4, 0.5) is 0 Å². The normalized spacial score (nSPS) is 21.2. The van der Waals surface area contributed by atoms with E-state index < -0.39 is 0 Å². The minimum atomic E-state index is 0. The van der Waals surface area contributed by atoms with Crippen molar-refractivity contribution in [2.75, 3.05) is 26.3 Å². The fourth-order valence-electron chi connectivity index (χ4n) is 1.91. The molecule has 17 heavy (non-hydrogen) atoms. The van der Waals surface area contributed by atoms with Gasteiger partial charge in [0.05, 0.1) is 19.8 Å². The van der Waals surface area contributed by atoms with Crippen molar-refractivity contribution in [3.8, 4) is 0 Å². The van der Waals surface area contributed by atoms with Crippen LogP contribution in [0.25, 0.3) is 0 Å². The topological polar surface area (TPSA) is 59.6 Å². The predicted octanol–water partition coefficient (Wildman–Crippen LogP) is 1.66. The second kappa shape index (κ2) is 7.92. The van der Waals surface area contributed by atoms with E-state index in [1.54, 1.807) is 0 Å². The number of nitrogens with one attached hydrogen (secondary N) is 1. The van der Waals surface area contributed by atoms with E-state index in [1.165, 1.54) is 24.8 Å². The first kappa shape index (κ1) is 14.8. The lowest BCUT2D eigenvalue weighted by atomic mass is 9.85. The van der Waals surface area contributed by atoms with Gasteiger partial charge in [0, 0.05) is 6.54 Å². The summed E-state index contributed by atoms with van der Waals surface area (Å²) in [5.74, 6) is 1.38. The average molecular weight is 351 g/mol. The van der Waals surface area contributed by atoms with Crippen molar-refractivity contribution in [2.45, 2.75) is 25.7 Å². The number of aliphatic imine (C=N–C) groups is 1. The van der Waals surface area contributed by atoms with E-state index in [-0.39, 0.29) is 24.0 Å². The molecule has 4 nitrogen and oxygen atoms in total. The van der Waals surface area contributed by atoms with Crippen molar-refractivity contribution >= 4 is 29.9 Å². The average Bonchev–Trinajstić information content (AvgIpc) is 2.26. The summed E-state index contributed by atoms with van der Waals surface area (Å²) in [4.78, 5) is 4.31. The highest BCUT2D eigenvalue weighted by Gasteiger charge is 2.16. The van der Waals surface area contributed by atoms with Crippen molar-refractivity contribution in [1.82, 2.24) is 5.32 Å². The Morgan fingerprint density at radius 3 is 2.94 bits per heavy atom. The van der Waals surface area contributed by atoms with E-state index in [0.29, 0.717) is 19.1 Å². The third kappa shape index (κ3) is 5.25. The Balaban J connectivity index is 0.00000144. The minimum Gasteiger partial charge on any atom is -0.377 e. The van der Waals surface area contributed by atoms with Crippen molar-refractivity contribution in [3.05, 3.63) is 11.6 Å². The first-order valence-corrected chi connectivity index (χ1v) is 6.14. The van der Waals surface area contributed by atoms with Crippen molar-refractivity contribution in [2.24, 2.45) is 16.6 Å². The Hall–Kier alpha value is -0.300. The van der Waals surface area contributed by atoms with Crippen molar-refractivity contribution in [1.29, 1.82) is 0 Å². The summed E-state index contributed by atoms with van der Waals surface area (Å²) < 4.78 is 5.34. The summed E-state index contributed by atoms with van der Waals surface area (Å²) >= 11 is 0. The lowest BCUT2D eigenvalue weighted by Gasteiger charge is -2.25. The zero-order chi connectivity index (χ0) is 11.2. The highest BCUT2D eigenvalue weighted by molar-refractivity contribution is 14.0. The molecule has 0 unspecified atom stereocenters. The number of halogens is 1. The molecule has 0 spiro atoms. The second-order valence-corrected chi connectivity index (χ2v) is 4.58. The molecular weight excluding hydrogens is 329 g/mol. The molecule has 5 heteroatoms. The van der Waals surface area contributed by atoms with E-state index in [2.05, 4.69) is 16.4 Å². The zero-order valence-electron chi connectivity index (χ0n) is 10.2. The summed E-state index contributed by atoms with van der Waals surface area (Å²) in [6, 6.07) is 0. The Bertz CT molecular complexity index is 287. The second-order valence-electron chi connectivity index (χ2n) is 4.58. The number of nitrogens with two attached hydrogens (primary N) is 1. The summed E-state index contributed by atoms with van der Waals surface area (Å²) in [6.07, 6.45) is 7.23. The number of guanidine groups is 1. The van der Waals surface area contributed by atoms with E-state index in [9.17, 15) is 0 Å². The summed E-state index contributed by atoms with van der Waals surface area (Å²) in [7, 11) is 0. The highest BCUT2D eigenvalue weighted by atomic mass is 127. The molecule has 3 N–H and O–H groups in total. The molecule has 0 radical (unpaired) electrons. The minimum absolute atomic E-state index is 0. The molecule has 0 bridgehead atoms. The van der Waals surface area contributed by atoms with Gasteiger partial charge in [-0.3, -0.25) is 0 Å². The predicted molar refractivity (Wildman–Crippen MR) is 80.8 cm³/mol. The molecule has 2 rings (SSSR count). The Labute approximate surface area is 120 Å². The maximum atomic E-state index is 5.79. The number of nitrogens with zero attached hydrogens (tertiary/aromatic N) is 1. The molecule has 98 valence electrons. The molecule has 0 aromatic carbocycles. The van der Waals surface area contributed by atoms with Crippen molar-refractivity contribution < 1.29 is 4.74 Å². The molecular formula is C12H22IN3O. The van der Waals surface area contributed by atoms with Crippen LogP contribution < -0.4 is 11.1 Å². The van der Waals surface area contributed by atoms with Gasteiger partial charge in [-0.1, -0.05) is 12.5 Å². The lowest BCUT2D eigenvalue weighted by Crippen LogP contribution is -2.37. The molecule has 1 heterocycles. The summed E-state index contributed by atoms with van der Waals surface area (Å²) in [6.45, 7) is 3.19. The van der Waals surface area contributed by atoms with Crippen molar-refractivity contribution in [3.63, 3.8) is 0 Å². The smallest absolute Gasteiger partial charge is 0.188 e. The van der Waals surface area contributed by atoms with Gasteiger partial charge in [-0.2, -0.15) is 0 Å². The molecule has 2 aliphatic rings. The number of hydrogen-bond acceptors (Lipinski definition) is 2. The van der Waals surface area contributed by atoms with E-state index in [0.717, 1.165) is 25.5 Å². The van der Waals surface area contributed by atoms with Gasteiger partial charge in [-0.05, 0) is 30.8 Å². The van der Waals surface area contributed by atoms with Gasteiger partial charge in [0.15, 0.2) is 5.96 Å². The third-order valence-electron chi connectivity index (χ3n) is 3.23. The van der Waals surface area contributed by atoms with Crippen LogP contribution in [-0.4, -0.2) is 32.3 Å². The SMILES string of the molecule is I.NC(=NCC1=CCCOC1)NCC1CCC1. The fraction of sp³-hybridized carbons (Fsp3) is 0.750. The maximum absolute atomic E-state index is 5.79. The van der Waals surface area contributed by atoms with Crippen LogP contribution in [0.2, 0.25) is 0 Å². The molecule has 1 fully saturated rings. The maximum Gasteiger partial charge on any atom is 0.188 e. The number of rotatable bonds is 4. The van der Waals surface area contributed by atoms with Gasteiger partial charge in [0.2, 0.25) is 0 Å². The zero-order valence-corrected chi connectivity index (χ0v) is 12.5. The molecule has 0 saturated heterocycles. The first-order valence-electron chi connectivity index (χ1n) is 6.14. The van der Waals surface area contributed by atoms with Crippen LogP contribution in [-0.2, 0) is 4.74 Å². The molecule has 0 aromatic rings. The quantitative estimate of drug-likeness (QED) is 0.351. The van der Waals surface area contributed by atoms with Crippen LogP contribution in [0, 0.1) is 5.92 Å². The van der Waals surface area contributed by atoms with E-state index in [1.807, 2.05) is 0 Å². The third-order valence-corrected chi connectivity index (χ3v) is 3.23. The van der Waals surface area contributed by atoms with Gasteiger partial charge in [0.25, 0.3) is 0 Å². The van der Waals surface area contributed by atoms with Gasteiger partial charge in [0.1, 0.15) is 0 Å². The highest BCUT2D eigenvalue weighted by Crippen LogP contribution is 2.24. The largest absolute Gasteiger partial charge is 0.377 e. The molecule has 0 amide bonds. The number of ether oxygens (including phenoxy) is 1. The van der Waals surface area contributed by atoms with Crippen LogP contribution in [0.15, 0.2) is 16.6 Å². The summed E-state index contributed by atoms with van der Waals surface area (Å²) in [5, 5.41) is 3.18. The Morgan fingerprint density at radius 2 is 2.35 bits per heavy atom. The van der Waals surface area contributed by atoms with Gasteiger partial charge in [-0.25, -0.2) is 4.99 Å². The van der Waals surface area contributed by atoms with Crippen LogP contribution >= 0.6 is 24.0 Å².